The fraction of sp³-hybridized carbons (Fsp3) is 0.500. The molecule has 1 unspecified atom stereocenters. The largest absolute Gasteiger partial charge is 0.465 e. The highest BCUT2D eigenvalue weighted by atomic mass is 35.5. The second-order valence-corrected chi connectivity index (χ2v) is 4.72. The molecule has 0 aromatic carbocycles. The van der Waals surface area contributed by atoms with Gasteiger partial charge in [-0.1, -0.05) is 23.2 Å². The summed E-state index contributed by atoms with van der Waals surface area (Å²) < 4.78 is 5.47. The lowest BCUT2D eigenvalue weighted by Gasteiger charge is -2.31. The maximum absolute atomic E-state index is 10.9. The molecule has 0 aliphatic carbocycles. The van der Waals surface area contributed by atoms with Gasteiger partial charge in [0.15, 0.2) is 10.3 Å². The molecule has 2 heterocycles. The van der Waals surface area contributed by atoms with Gasteiger partial charge in [0.25, 0.3) is 0 Å². The molecule has 1 fully saturated rings. The van der Waals surface area contributed by atoms with E-state index in [-0.39, 0.29) is 16.4 Å². The number of amides is 1. The number of hydrogen-bond donors (Lipinski definition) is 2. The van der Waals surface area contributed by atoms with Crippen molar-refractivity contribution in [1.29, 1.82) is 0 Å². The number of nitrogens with one attached hydrogen (secondary N) is 1. The van der Waals surface area contributed by atoms with E-state index in [0.29, 0.717) is 31.9 Å². The van der Waals surface area contributed by atoms with Crippen molar-refractivity contribution in [2.45, 2.75) is 6.10 Å². The third-order valence-electron chi connectivity index (χ3n) is 2.65. The molecular formula is C10H12Cl2N4O3. The van der Waals surface area contributed by atoms with Crippen LogP contribution in [-0.2, 0) is 4.74 Å². The van der Waals surface area contributed by atoms with Crippen LogP contribution >= 0.6 is 23.2 Å². The summed E-state index contributed by atoms with van der Waals surface area (Å²) in [5.41, 5.74) is 0.540. The number of ether oxygens (including phenoxy) is 1. The Hall–Kier alpha value is -1.31. The van der Waals surface area contributed by atoms with Gasteiger partial charge in [0.05, 0.1) is 24.9 Å². The SMILES string of the molecule is O=C(O)N1CCOC(CNc2cc(Cl)nnc2Cl)C1. The minimum Gasteiger partial charge on any atom is -0.465 e. The van der Waals surface area contributed by atoms with E-state index in [2.05, 4.69) is 15.5 Å². The second kappa shape index (κ2) is 6.23. The van der Waals surface area contributed by atoms with Gasteiger partial charge in [0, 0.05) is 19.2 Å². The van der Waals surface area contributed by atoms with Crippen LogP contribution in [0.2, 0.25) is 10.3 Å². The number of nitrogens with zero attached hydrogens (tertiary/aromatic N) is 3. The summed E-state index contributed by atoms with van der Waals surface area (Å²) in [6, 6.07) is 1.55. The molecule has 1 aliphatic rings. The van der Waals surface area contributed by atoms with Crippen LogP contribution in [0.5, 0.6) is 0 Å². The fourth-order valence-corrected chi connectivity index (χ4v) is 2.02. The van der Waals surface area contributed by atoms with E-state index in [1.165, 1.54) is 4.90 Å². The lowest BCUT2D eigenvalue weighted by Crippen LogP contribution is -2.47. The van der Waals surface area contributed by atoms with Crippen molar-refractivity contribution in [3.8, 4) is 0 Å². The van der Waals surface area contributed by atoms with Crippen molar-refractivity contribution >= 4 is 35.0 Å². The molecule has 0 bridgehead atoms. The highest BCUT2D eigenvalue weighted by molar-refractivity contribution is 6.33. The van der Waals surface area contributed by atoms with Crippen LogP contribution in [0.3, 0.4) is 0 Å². The zero-order chi connectivity index (χ0) is 13.8. The Morgan fingerprint density at radius 3 is 3.11 bits per heavy atom. The van der Waals surface area contributed by atoms with E-state index in [9.17, 15) is 4.79 Å². The van der Waals surface area contributed by atoms with Crippen LogP contribution in [0.15, 0.2) is 6.07 Å². The van der Waals surface area contributed by atoms with Crippen molar-refractivity contribution in [2.75, 3.05) is 31.6 Å². The first-order valence-electron chi connectivity index (χ1n) is 5.58. The van der Waals surface area contributed by atoms with Crippen LogP contribution < -0.4 is 5.32 Å². The zero-order valence-electron chi connectivity index (χ0n) is 9.84. The lowest BCUT2D eigenvalue weighted by molar-refractivity contribution is -0.0147. The summed E-state index contributed by atoms with van der Waals surface area (Å²) in [5, 5.41) is 19.6. The van der Waals surface area contributed by atoms with Gasteiger partial charge in [-0.2, -0.15) is 0 Å². The molecule has 1 amide bonds. The third kappa shape index (κ3) is 3.82. The number of halogens is 2. The third-order valence-corrected chi connectivity index (χ3v) is 3.11. The number of hydrogen-bond acceptors (Lipinski definition) is 5. The molecule has 1 aromatic rings. The molecule has 104 valence electrons. The quantitative estimate of drug-likeness (QED) is 0.881. The minimum atomic E-state index is -0.944. The molecule has 9 heteroatoms. The van der Waals surface area contributed by atoms with Crippen molar-refractivity contribution in [3.05, 3.63) is 16.4 Å². The predicted molar refractivity (Wildman–Crippen MR) is 69.9 cm³/mol. The number of carbonyl (C=O) groups is 1. The zero-order valence-corrected chi connectivity index (χ0v) is 11.4. The molecule has 19 heavy (non-hydrogen) atoms. The van der Waals surface area contributed by atoms with Crippen molar-refractivity contribution < 1.29 is 14.6 Å². The Balaban J connectivity index is 1.91. The minimum absolute atomic E-state index is 0.204. The molecule has 2 N–H and O–H groups in total. The average molecular weight is 307 g/mol. The van der Waals surface area contributed by atoms with Gasteiger partial charge in [-0.15, -0.1) is 10.2 Å². The standard InChI is InChI=1S/C10H12Cl2N4O3/c11-8-3-7(9(12)15-14-8)13-4-6-5-16(10(17)18)1-2-19-6/h3,6H,1-2,4-5H2,(H,13,14)(H,17,18). The Kier molecular flexibility index (Phi) is 4.62. The molecule has 1 saturated heterocycles. The van der Waals surface area contributed by atoms with Crippen molar-refractivity contribution in [2.24, 2.45) is 0 Å². The summed E-state index contributed by atoms with van der Waals surface area (Å²) in [6.07, 6.45) is -1.19. The Bertz CT molecular complexity index is 474. The van der Waals surface area contributed by atoms with Crippen molar-refractivity contribution in [1.82, 2.24) is 15.1 Å². The summed E-state index contributed by atoms with van der Waals surface area (Å²) >= 11 is 11.6. The highest BCUT2D eigenvalue weighted by Gasteiger charge is 2.23. The topological polar surface area (TPSA) is 87.6 Å². The predicted octanol–water partition coefficient (Wildman–Crippen LogP) is 1.57. The lowest BCUT2D eigenvalue weighted by atomic mass is 10.2. The first-order chi connectivity index (χ1) is 9.06. The second-order valence-electron chi connectivity index (χ2n) is 3.97. The van der Waals surface area contributed by atoms with Gasteiger partial charge in [-0.05, 0) is 0 Å². The smallest absolute Gasteiger partial charge is 0.407 e. The molecule has 0 saturated carbocycles. The van der Waals surface area contributed by atoms with E-state index in [1.807, 2.05) is 0 Å². The summed E-state index contributed by atoms with van der Waals surface area (Å²) in [7, 11) is 0. The van der Waals surface area contributed by atoms with Gasteiger partial charge in [-0.3, -0.25) is 0 Å². The van der Waals surface area contributed by atoms with Gasteiger partial charge in [0.1, 0.15) is 0 Å². The first kappa shape index (κ1) is 14.1. The van der Waals surface area contributed by atoms with Crippen LogP contribution in [0.1, 0.15) is 0 Å². The van der Waals surface area contributed by atoms with Gasteiger partial charge in [-0.25, -0.2) is 4.79 Å². The normalized spacial score (nSPS) is 19.3. The molecule has 0 spiro atoms. The molecule has 0 radical (unpaired) electrons. The molecular weight excluding hydrogens is 295 g/mol. The monoisotopic (exact) mass is 306 g/mol. The Morgan fingerprint density at radius 2 is 2.37 bits per heavy atom. The van der Waals surface area contributed by atoms with E-state index >= 15 is 0 Å². The van der Waals surface area contributed by atoms with Crippen LogP contribution in [0, 0.1) is 0 Å². The first-order valence-corrected chi connectivity index (χ1v) is 6.34. The Morgan fingerprint density at radius 1 is 1.58 bits per heavy atom. The summed E-state index contributed by atoms with van der Waals surface area (Å²) in [6.45, 7) is 1.48. The van der Waals surface area contributed by atoms with Gasteiger partial charge < -0.3 is 20.1 Å². The van der Waals surface area contributed by atoms with Crippen LogP contribution in [0.25, 0.3) is 0 Å². The van der Waals surface area contributed by atoms with Crippen LogP contribution in [0.4, 0.5) is 10.5 Å². The Labute approximate surface area is 119 Å². The highest BCUT2D eigenvalue weighted by Crippen LogP contribution is 2.21. The van der Waals surface area contributed by atoms with E-state index in [0.717, 1.165) is 0 Å². The number of anilines is 1. The maximum Gasteiger partial charge on any atom is 0.407 e. The number of aromatic nitrogens is 2. The molecule has 1 atom stereocenters. The van der Waals surface area contributed by atoms with Gasteiger partial charge in [0.2, 0.25) is 0 Å². The summed E-state index contributed by atoms with van der Waals surface area (Å²) in [4.78, 5) is 12.2. The number of morpholine rings is 1. The van der Waals surface area contributed by atoms with Crippen LogP contribution in [-0.4, -0.2) is 58.6 Å². The van der Waals surface area contributed by atoms with Crippen molar-refractivity contribution in [3.63, 3.8) is 0 Å². The number of rotatable bonds is 3. The molecule has 2 rings (SSSR count). The summed E-state index contributed by atoms with van der Waals surface area (Å²) in [5.74, 6) is 0. The molecule has 7 nitrogen and oxygen atoms in total. The molecule has 1 aromatic heterocycles. The van der Waals surface area contributed by atoms with E-state index in [4.69, 9.17) is 33.0 Å². The number of carboxylic acid groups (broad SMARTS) is 1. The van der Waals surface area contributed by atoms with Gasteiger partial charge >= 0.3 is 6.09 Å². The average Bonchev–Trinajstić information content (AvgIpc) is 2.40. The van der Waals surface area contributed by atoms with E-state index < -0.39 is 6.09 Å². The molecule has 1 aliphatic heterocycles. The van der Waals surface area contributed by atoms with E-state index in [1.54, 1.807) is 6.07 Å². The fourth-order valence-electron chi connectivity index (χ4n) is 1.72. The maximum atomic E-state index is 10.9.